The van der Waals surface area contributed by atoms with Crippen molar-refractivity contribution in [2.45, 2.75) is 72.8 Å². The highest BCUT2D eigenvalue weighted by atomic mass is 16.1. The van der Waals surface area contributed by atoms with Crippen LogP contribution >= 0.6 is 0 Å². The maximum absolute atomic E-state index is 11.6. The minimum Gasteiger partial charge on any atom is -0.299 e. The quantitative estimate of drug-likeness (QED) is 0.614. The summed E-state index contributed by atoms with van der Waals surface area (Å²) in [6, 6.07) is 0. The molecular weight excluding hydrogens is 250 g/mol. The first-order valence-corrected chi connectivity index (χ1v) is 7.90. The van der Waals surface area contributed by atoms with Crippen LogP contribution in [-0.2, 0) is 17.8 Å². The number of hydrogen-bond acceptors (Lipinski definition) is 3. The highest BCUT2D eigenvalue weighted by Crippen LogP contribution is 2.10. The minimum atomic E-state index is 0.0705. The Morgan fingerprint density at radius 1 is 1.15 bits per heavy atom. The molecular formula is C16H29N3O. The van der Waals surface area contributed by atoms with Gasteiger partial charge in [-0.2, -0.15) is 0 Å². The summed E-state index contributed by atoms with van der Waals surface area (Å²) in [7, 11) is 0. The van der Waals surface area contributed by atoms with Crippen LogP contribution in [0.2, 0.25) is 0 Å². The van der Waals surface area contributed by atoms with E-state index in [9.17, 15) is 4.79 Å². The molecule has 1 rings (SSSR count). The normalized spacial score (nSPS) is 11.5. The summed E-state index contributed by atoms with van der Waals surface area (Å²) in [6.07, 6.45) is 8.64. The van der Waals surface area contributed by atoms with Gasteiger partial charge in [-0.05, 0) is 12.3 Å². The van der Waals surface area contributed by atoms with Gasteiger partial charge in [-0.1, -0.05) is 58.6 Å². The number of hydrogen-bond donors (Lipinski definition) is 0. The first-order chi connectivity index (χ1) is 9.49. The van der Waals surface area contributed by atoms with Gasteiger partial charge in [-0.3, -0.25) is 9.48 Å². The van der Waals surface area contributed by atoms with E-state index in [4.69, 9.17) is 0 Å². The molecule has 0 saturated heterocycles. The van der Waals surface area contributed by atoms with Crippen LogP contribution in [0.1, 0.15) is 65.5 Å². The van der Waals surface area contributed by atoms with Crippen molar-refractivity contribution in [1.29, 1.82) is 0 Å². The first kappa shape index (κ1) is 16.9. The average molecular weight is 279 g/mol. The highest BCUT2D eigenvalue weighted by molar-refractivity contribution is 5.82. The summed E-state index contributed by atoms with van der Waals surface area (Å²) in [4.78, 5) is 11.6. The molecule has 1 aromatic heterocycles. The molecule has 0 aliphatic heterocycles. The number of nitrogens with zero attached hydrogens (tertiary/aromatic N) is 3. The third-order valence-electron chi connectivity index (χ3n) is 3.50. The zero-order valence-corrected chi connectivity index (χ0v) is 13.4. The summed E-state index contributed by atoms with van der Waals surface area (Å²) in [5, 5.41) is 8.16. The lowest BCUT2D eigenvalue weighted by Crippen LogP contribution is -2.10. The van der Waals surface area contributed by atoms with Crippen LogP contribution in [0.3, 0.4) is 0 Å². The van der Waals surface area contributed by atoms with Gasteiger partial charge in [0.1, 0.15) is 5.78 Å². The van der Waals surface area contributed by atoms with Gasteiger partial charge in [-0.15, -0.1) is 5.10 Å². The Bertz CT molecular complexity index is 396. The molecule has 4 nitrogen and oxygen atoms in total. The van der Waals surface area contributed by atoms with Crippen molar-refractivity contribution in [2.24, 2.45) is 11.8 Å². The predicted octanol–water partition coefficient (Wildman–Crippen LogP) is 3.65. The van der Waals surface area contributed by atoms with Gasteiger partial charge in [0, 0.05) is 18.7 Å². The van der Waals surface area contributed by atoms with Crippen molar-refractivity contribution in [3.63, 3.8) is 0 Å². The van der Waals surface area contributed by atoms with Crippen molar-refractivity contribution >= 4 is 5.78 Å². The molecule has 0 spiro atoms. The van der Waals surface area contributed by atoms with E-state index < -0.39 is 0 Å². The summed E-state index contributed by atoms with van der Waals surface area (Å²) in [6.45, 7) is 9.29. The van der Waals surface area contributed by atoms with Crippen molar-refractivity contribution in [3.05, 3.63) is 11.9 Å². The Morgan fingerprint density at radius 3 is 2.50 bits per heavy atom. The number of unbranched alkanes of at least 4 members (excludes halogenated alkanes) is 3. The Labute approximate surface area is 122 Å². The zero-order chi connectivity index (χ0) is 15.0. The second kappa shape index (κ2) is 8.88. The Kier molecular flexibility index (Phi) is 7.48. The third-order valence-corrected chi connectivity index (χ3v) is 3.50. The summed E-state index contributed by atoms with van der Waals surface area (Å²) in [5.41, 5.74) is 0.795. The maximum atomic E-state index is 11.6. The highest BCUT2D eigenvalue weighted by Gasteiger charge is 2.10. The number of ketones is 1. The van der Waals surface area contributed by atoms with E-state index in [-0.39, 0.29) is 11.7 Å². The molecule has 0 N–H and O–H groups in total. The first-order valence-electron chi connectivity index (χ1n) is 7.90. The zero-order valence-electron chi connectivity index (χ0n) is 13.4. The molecule has 0 fully saturated rings. The molecule has 114 valence electrons. The number of carbonyl (C=O) groups is 1. The number of rotatable bonds is 10. The molecule has 0 amide bonds. The van der Waals surface area contributed by atoms with E-state index in [0.29, 0.717) is 6.42 Å². The van der Waals surface area contributed by atoms with Crippen LogP contribution in [0.15, 0.2) is 6.20 Å². The molecule has 0 unspecified atom stereocenters. The fraction of sp³-hybridized carbons (Fsp3) is 0.812. The fourth-order valence-electron chi connectivity index (χ4n) is 2.09. The van der Waals surface area contributed by atoms with Crippen molar-refractivity contribution < 1.29 is 4.79 Å². The SMILES string of the molecule is CC(C)CCCCCCn1cc(CC(=O)C(C)C)nn1. The van der Waals surface area contributed by atoms with Gasteiger partial charge in [0.05, 0.1) is 12.1 Å². The number of aryl methyl sites for hydroxylation is 1. The van der Waals surface area contributed by atoms with Gasteiger partial charge >= 0.3 is 0 Å². The van der Waals surface area contributed by atoms with E-state index in [1.807, 2.05) is 24.7 Å². The number of aromatic nitrogens is 3. The Morgan fingerprint density at radius 2 is 1.85 bits per heavy atom. The van der Waals surface area contributed by atoms with Crippen LogP contribution in [0.5, 0.6) is 0 Å². The average Bonchev–Trinajstić information content (AvgIpc) is 2.80. The van der Waals surface area contributed by atoms with Crippen LogP contribution in [0.25, 0.3) is 0 Å². The van der Waals surface area contributed by atoms with Crippen LogP contribution in [0, 0.1) is 11.8 Å². The van der Waals surface area contributed by atoms with E-state index >= 15 is 0 Å². The van der Waals surface area contributed by atoms with Gasteiger partial charge in [0.2, 0.25) is 0 Å². The van der Waals surface area contributed by atoms with E-state index in [1.165, 1.54) is 25.7 Å². The van der Waals surface area contributed by atoms with Crippen molar-refractivity contribution in [1.82, 2.24) is 15.0 Å². The monoisotopic (exact) mass is 279 g/mol. The molecule has 1 aromatic rings. The van der Waals surface area contributed by atoms with E-state index in [1.54, 1.807) is 0 Å². The largest absolute Gasteiger partial charge is 0.299 e. The molecule has 4 heteroatoms. The van der Waals surface area contributed by atoms with Crippen LogP contribution in [-0.4, -0.2) is 20.8 Å². The molecule has 0 aliphatic rings. The second-order valence-electron chi connectivity index (χ2n) is 6.37. The molecule has 0 saturated carbocycles. The topological polar surface area (TPSA) is 47.8 Å². The lowest BCUT2D eigenvalue weighted by Gasteiger charge is -2.04. The predicted molar refractivity (Wildman–Crippen MR) is 81.5 cm³/mol. The second-order valence-corrected chi connectivity index (χ2v) is 6.37. The van der Waals surface area contributed by atoms with Crippen LogP contribution < -0.4 is 0 Å². The molecule has 0 atom stereocenters. The Hall–Kier alpha value is -1.19. The molecule has 20 heavy (non-hydrogen) atoms. The van der Waals surface area contributed by atoms with Gasteiger partial charge < -0.3 is 0 Å². The summed E-state index contributed by atoms with van der Waals surface area (Å²) in [5.74, 6) is 1.11. The standard InChI is InChI=1S/C16H29N3O/c1-13(2)9-7-5-6-8-10-19-12-15(17-18-19)11-16(20)14(3)4/h12-14H,5-11H2,1-4H3. The third kappa shape index (κ3) is 6.83. The van der Waals surface area contributed by atoms with E-state index in [2.05, 4.69) is 24.2 Å². The van der Waals surface area contributed by atoms with Gasteiger partial charge in [-0.25, -0.2) is 0 Å². The smallest absolute Gasteiger partial charge is 0.141 e. The lowest BCUT2D eigenvalue weighted by molar-refractivity contribution is -0.121. The molecule has 0 radical (unpaired) electrons. The molecule has 1 heterocycles. The van der Waals surface area contributed by atoms with Crippen LogP contribution in [0.4, 0.5) is 0 Å². The molecule has 0 aliphatic carbocycles. The minimum absolute atomic E-state index is 0.0705. The Balaban J connectivity index is 2.19. The number of carbonyl (C=O) groups excluding carboxylic acids is 1. The van der Waals surface area contributed by atoms with Gasteiger partial charge in [0.25, 0.3) is 0 Å². The van der Waals surface area contributed by atoms with E-state index in [0.717, 1.165) is 24.6 Å². The fourth-order valence-corrected chi connectivity index (χ4v) is 2.09. The molecule has 0 aromatic carbocycles. The van der Waals surface area contributed by atoms with Gasteiger partial charge in [0.15, 0.2) is 0 Å². The number of Topliss-reactive ketones (excluding diaryl/α,β-unsaturated/α-hetero) is 1. The summed E-state index contributed by atoms with van der Waals surface area (Å²) < 4.78 is 1.87. The molecule has 0 bridgehead atoms. The lowest BCUT2D eigenvalue weighted by atomic mass is 10.0. The van der Waals surface area contributed by atoms with Crippen molar-refractivity contribution in [2.75, 3.05) is 0 Å². The van der Waals surface area contributed by atoms with Crippen molar-refractivity contribution in [3.8, 4) is 0 Å². The maximum Gasteiger partial charge on any atom is 0.141 e. The summed E-state index contributed by atoms with van der Waals surface area (Å²) >= 11 is 0.